The minimum absolute atomic E-state index is 0.403. The van der Waals surface area contributed by atoms with Gasteiger partial charge in [-0.15, -0.1) is 0 Å². The lowest BCUT2D eigenvalue weighted by Gasteiger charge is -2.16. The Bertz CT molecular complexity index is 645. The third-order valence-electron chi connectivity index (χ3n) is 3.95. The standard InChI is InChI=1S/C17H22N4O/c1-11-7-12(2)9-14(8-11)22-17-15(18)16(19-10-20-17)21-13-5-3-4-6-13/h7-10,13H,3-6,18H2,1-2H3,(H,19,20,21). The van der Waals surface area contributed by atoms with Crippen LogP contribution in [0.25, 0.3) is 0 Å². The first-order valence-electron chi connectivity index (χ1n) is 7.75. The maximum atomic E-state index is 6.17. The van der Waals surface area contributed by atoms with E-state index in [1.54, 1.807) is 0 Å². The Morgan fingerprint density at radius 2 is 1.77 bits per heavy atom. The predicted molar refractivity (Wildman–Crippen MR) is 88.3 cm³/mol. The number of aromatic nitrogens is 2. The second kappa shape index (κ2) is 6.22. The molecule has 0 aliphatic heterocycles. The number of rotatable bonds is 4. The van der Waals surface area contributed by atoms with Gasteiger partial charge in [-0.05, 0) is 49.9 Å². The minimum Gasteiger partial charge on any atom is -0.437 e. The monoisotopic (exact) mass is 298 g/mol. The van der Waals surface area contributed by atoms with Crippen molar-refractivity contribution >= 4 is 11.5 Å². The summed E-state index contributed by atoms with van der Waals surface area (Å²) >= 11 is 0. The van der Waals surface area contributed by atoms with Gasteiger partial charge >= 0.3 is 0 Å². The second-order valence-corrected chi connectivity index (χ2v) is 5.99. The SMILES string of the molecule is Cc1cc(C)cc(Oc2ncnc(NC3CCCC3)c2N)c1. The highest BCUT2D eigenvalue weighted by Gasteiger charge is 2.18. The lowest BCUT2D eigenvalue weighted by molar-refractivity contribution is 0.463. The lowest BCUT2D eigenvalue weighted by atomic mass is 10.1. The number of nitrogens with one attached hydrogen (secondary N) is 1. The predicted octanol–water partition coefficient (Wildman–Crippen LogP) is 3.82. The van der Waals surface area contributed by atoms with Crippen LogP contribution in [0.5, 0.6) is 11.6 Å². The quantitative estimate of drug-likeness (QED) is 0.897. The van der Waals surface area contributed by atoms with Crippen LogP contribution >= 0.6 is 0 Å². The molecule has 5 nitrogen and oxygen atoms in total. The summed E-state index contributed by atoms with van der Waals surface area (Å²) in [5.74, 6) is 1.82. The molecule has 3 rings (SSSR count). The molecule has 1 aliphatic rings. The Hall–Kier alpha value is -2.30. The van der Waals surface area contributed by atoms with Gasteiger partial charge in [-0.3, -0.25) is 0 Å². The Labute approximate surface area is 130 Å². The van der Waals surface area contributed by atoms with Crippen molar-refractivity contribution in [2.75, 3.05) is 11.1 Å². The smallest absolute Gasteiger partial charge is 0.248 e. The average molecular weight is 298 g/mol. The highest BCUT2D eigenvalue weighted by molar-refractivity contribution is 5.67. The Kier molecular flexibility index (Phi) is 4.13. The number of ether oxygens (including phenoxy) is 1. The van der Waals surface area contributed by atoms with E-state index in [9.17, 15) is 0 Å². The van der Waals surface area contributed by atoms with Crippen LogP contribution in [-0.2, 0) is 0 Å². The van der Waals surface area contributed by atoms with Crippen LogP contribution in [0.3, 0.4) is 0 Å². The number of benzene rings is 1. The van der Waals surface area contributed by atoms with Crippen LogP contribution in [0, 0.1) is 13.8 Å². The minimum atomic E-state index is 0.403. The Morgan fingerprint density at radius 3 is 2.45 bits per heavy atom. The van der Waals surface area contributed by atoms with E-state index in [1.165, 1.54) is 19.2 Å². The molecule has 0 spiro atoms. The van der Waals surface area contributed by atoms with Crippen molar-refractivity contribution < 1.29 is 4.74 Å². The van der Waals surface area contributed by atoms with Gasteiger partial charge in [0.05, 0.1) is 0 Å². The molecule has 22 heavy (non-hydrogen) atoms. The molecule has 0 radical (unpaired) electrons. The van der Waals surface area contributed by atoms with Gasteiger partial charge in [-0.2, -0.15) is 4.98 Å². The van der Waals surface area contributed by atoms with Gasteiger partial charge < -0.3 is 15.8 Å². The normalized spacial score (nSPS) is 15.0. The first-order valence-corrected chi connectivity index (χ1v) is 7.75. The third kappa shape index (κ3) is 3.30. The van der Waals surface area contributed by atoms with Crippen LogP contribution < -0.4 is 15.8 Å². The van der Waals surface area contributed by atoms with Crippen molar-refractivity contribution in [3.63, 3.8) is 0 Å². The highest BCUT2D eigenvalue weighted by Crippen LogP contribution is 2.32. The molecule has 0 atom stereocenters. The fourth-order valence-electron chi connectivity index (χ4n) is 2.94. The van der Waals surface area contributed by atoms with Crippen LogP contribution in [0.15, 0.2) is 24.5 Å². The zero-order valence-electron chi connectivity index (χ0n) is 13.1. The summed E-state index contributed by atoms with van der Waals surface area (Å²) in [5.41, 5.74) is 8.93. The van der Waals surface area contributed by atoms with Crippen molar-refractivity contribution in [2.45, 2.75) is 45.6 Å². The van der Waals surface area contributed by atoms with Gasteiger partial charge in [0, 0.05) is 6.04 Å². The van der Waals surface area contributed by atoms with E-state index < -0.39 is 0 Å². The summed E-state index contributed by atoms with van der Waals surface area (Å²) in [6, 6.07) is 6.49. The Morgan fingerprint density at radius 1 is 1.09 bits per heavy atom. The van der Waals surface area contributed by atoms with Gasteiger partial charge in [0.25, 0.3) is 0 Å². The van der Waals surface area contributed by atoms with Gasteiger partial charge in [0.15, 0.2) is 5.82 Å². The number of hydrogen-bond donors (Lipinski definition) is 2. The molecule has 0 bridgehead atoms. The molecule has 5 heteroatoms. The fraction of sp³-hybridized carbons (Fsp3) is 0.412. The molecule has 116 valence electrons. The van der Waals surface area contributed by atoms with Crippen LogP contribution in [0.2, 0.25) is 0 Å². The number of aryl methyl sites for hydroxylation is 2. The number of nitrogens with two attached hydrogens (primary N) is 1. The molecule has 1 heterocycles. The second-order valence-electron chi connectivity index (χ2n) is 5.99. The van der Waals surface area contributed by atoms with Crippen molar-refractivity contribution in [1.29, 1.82) is 0 Å². The number of anilines is 2. The summed E-state index contributed by atoms with van der Waals surface area (Å²) in [7, 11) is 0. The summed E-state index contributed by atoms with van der Waals surface area (Å²) < 4.78 is 5.86. The molecule has 3 N–H and O–H groups in total. The molecule has 2 aromatic rings. The van der Waals surface area contributed by atoms with E-state index in [0.29, 0.717) is 23.4 Å². The largest absolute Gasteiger partial charge is 0.437 e. The maximum Gasteiger partial charge on any atom is 0.248 e. The molecular formula is C17H22N4O. The number of nitrogens with zero attached hydrogens (tertiary/aromatic N) is 2. The van der Waals surface area contributed by atoms with Crippen LogP contribution in [-0.4, -0.2) is 16.0 Å². The first-order chi connectivity index (χ1) is 10.6. The third-order valence-corrected chi connectivity index (χ3v) is 3.95. The fourth-order valence-corrected chi connectivity index (χ4v) is 2.94. The average Bonchev–Trinajstić information content (AvgIpc) is 2.95. The molecule has 1 fully saturated rings. The zero-order valence-corrected chi connectivity index (χ0v) is 13.1. The number of nitrogen functional groups attached to an aromatic ring is 1. The molecule has 1 saturated carbocycles. The summed E-state index contributed by atoms with van der Waals surface area (Å²) in [6.45, 7) is 4.08. The van der Waals surface area contributed by atoms with E-state index >= 15 is 0 Å². The van der Waals surface area contributed by atoms with Crippen molar-refractivity contribution in [1.82, 2.24) is 9.97 Å². The Balaban J connectivity index is 1.81. The summed E-state index contributed by atoms with van der Waals surface area (Å²) in [5, 5.41) is 3.40. The molecule has 1 aliphatic carbocycles. The van der Waals surface area contributed by atoms with E-state index in [-0.39, 0.29) is 0 Å². The van der Waals surface area contributed by atoms with Gasteiger partial charge in [0.1, 0.15) is 17.8 Å². The van der Waals surface area contributed by atoms with Crippen LogP contribution in [0.1, 0.15) is 36.8 Å². The van der Waals surface area contributed by atoms with Crippen molar-refractivity contribution in [3.05, 3.63) is 35.7 Å². The first kappa shape index (κ1) is 14.6. The molecular weight excluding hydrogens is 276 g/mol. The van der Waals surface area contributed by atoms with Crippen molar-refractivity contribution in [3.8, 4) is 11.6 Å². The molecule has 1 aromatic heterocycles. The van der Waals surface area contributed by atoms with E-state index in [2.05, 4.69) is 21.4 Å². The van der Waals surface area contributed by atoms with Crippen LogP contribution in [0.4, 0.5) is 11.5 Å². The molecule has 0 saturated heterocycles. The number of hydrogen-bond acceptors (Lipinski definition) is 5. The topological polar surface area (TPSA) is 73.1 Å². The lowest BCUT2D eigenvalue weighted by Crippen LogP contribution is -2.17. The van der Waals surface area contributed by atoms with Gasteiger partial charge in [0.2, 0.25) is 5.88 Å². The summed E-state index contributed by atoms with van der Waals surface area (Å²) in [6.07, 6.45) is 6.34. The summed E-state index contributed by atoms with van der Waals surface area (Å²) in [4.78, 5) is 8.42. The molecule has 0 amide bonds. The molecule has 0 unspecified atom stereocenters. The molecule has 1 aromatic carbocycles. The highest BCUT2D eigenvalue weighted by atomic mass is 16.5. The van der Waals surface area contributed by atoms with Crippen molar-refractivity contribution in [2.24, 2.45) is 0 Å². The zero-order chi connectivity index (χ0) is 15.5. The van der Waals surface area contributed by atoms with E-state index in [1.807, 2.05) is 26.0 Å². The van der Waals surface area contributed by atoms with Gasteiger partial charge in [-0.1, -0.05) is 18.9 Å². The van der Waals surface area contributed by atoms with E-state index in [4.69, 9.17) is 10.5 Å². The van der Waals surface area contributed by atoms with E-state index in [0.717, 1.165) is 29.7 Å². The maximum absolute atomic E-state index is 6.17. The van der Waals surface area contributed by atoms with Gasteiger partial charge in [-0.25, -0.2) is 4.98 Å².